The third kappa shape index (κ3) is 3.14. The number of hydrogen-bond donors (Lipinski definition) is 0. The van der Waals surface area contributed by atoms with Gasteiger partial charge in [-0.15, -0.1) is 0 Å². The highest BCUT2D eigenvalue weighted by atomic mass is 16.5. The van der Waals surface area contributed by atoms with Crippen LogP contribution in [0, 0.1) is 0 Å². The Morgan fingerprint density at radius 1 is 1.00 bits per heavy atom. The van der Waals surface area contributed by atoms with E-state index >= 15 is 0 Å². The minimum Gasteiger partial charge on any atom is -0.424 e. The highest BCUT2D eigenvalue weighted by Crippen LogP contribution is 2.35. The maximum Gasteiger partial charge on any atom is 0.310 e. The number of aromatic nitrogens is 4. The molecule has 0 saturated carbocycles. The molecule has 0 fully saturated rings. The molecular weight excluding hydrogens is 400 g/mol. The van der Waals surface area contributed by atoms with Gasteiger partial charge in [0.2, 0.25) is 0 Å². The second-order valence-electron chi connectivity index (χ2n) is 8.28. The van der Waals surface area contributed by atoms with E-state index in [-0.39, 0.29) is 5.97 Å². The standard InChI is InChI=1S/C26H26N4O2/c1-5-22-28-25-24(26-27-19-9-7-8-10-20(19)30(22)26)21(32-23(31)6-2)15-29(25)18-13-11-17(12-14-18)16(3)4/h7-16H,5-6H2,1-4H3. The highest BCUT2D eigenvalue weighted by molar-refractivity contribution is 6.01. The van der Waals surface area contributed by atoms with Crippen molar-refractivity contribution in [2.24, 2.45) is 0 Å². The summed E-state index contributed by atoms with van der Waals surface area (Å²) in [6, 6.07) is 16.4. The van der Waals surface area contributed by atoms with Gasteiger partial charge in [-0.1, -0.05) is 52.0 Å². The van der Waals surface area contributed by atoms with Crippen LogP contribution >= 0.6 is 0 Å². The number of carbonyl (C=O) groups excluding carboxylic acids is 1. The second kappa shape index (κ2) is 7.79. The summed E-state index contributed by atoms with van der Waals surface area (Å²) in [6.45, 7) is 8.23. The predicted octanol–water partition coefficient (Wildman–Crippen LogP) is 5.83. The molecule has 0 N–H and O–H groups in total. The van der Waals surface area contributed by atoms with Crippen molar-refractivity contribution >= 4 is 33.7 Å². The molecule has 0 amide bonds. The first-order valence-corrected chi connectivity index (χ1v) is 11.1. The monoisotopic (exact) mass is 426 g/mol. The molecule has 0 unspecified atom stereocenters. The first kappa shape index (κ1) is 20.2. The van der Waals surface area contributed by atoms with Crippen LogP contribution in [0.3, 0.4) is 0 Å². The summed E-state index contributed by atoms with van der Waals surface area (Å²) in [5.41, 5.74) is 5.61. The zero-order chi connectivity index (χ0) is 22.4. The fourth-order valence-electron chi connectivity index (χ4n) is 4.15. The molecule has 0 spiro atoms. The molecule has 162 valence electrons. The lowest BCUT2D eigenvalue weighted by molar-refractivity contribution is -0.133. The van der Waals surface area contributed by atoms with Gasteiger partial charge in [-0.05, 0) is 35.7 Å². The fraction of sp³-hybridized carbons (Fsp3) is 0.269. The number of para-hydroxylation sites is 2. The Balaban J connectivity index is 1.85. The van der Waals surface area contributed by atoms with Gasteiger partial charge >= 0.3 is 5.97 Å². The number of esters is 1. The molecular formula is C26H26N4O2. The Morgan fingerprint density at radius 3 is 2.44 bits per heavy atom. The van der Waals surface area contributed by atoms with Crippen molar-refractivity contribution in [2.45, 2.75) is 46.5 Å². The number of rotatable bonds is 5. The average molecular weight is 427 g/mol. The van der Waals surface area contributed by atoms with E-state index in [1.807, 2.05) is 35.0 Å². The van der Waals surface area contributed by atoms with Crippen LogP contribution < -0.4 is 4.74 Å². The Morgan fingerprint density at radius 2 is 1.75 bits per heavy atom. The van der Waals surface area contributed by atoms with E-state index in [1.165, 1.54) is 5.56 Å². The fourth-order valence-corrected chi connectivity index (χ4v) is 4.15. The normalized spacial score (nSPS) is 11.8. The highest BCUT2D eigenvalue weighted by Gasteiger charge is 2.22. The molecule has 0 atom stereocenters. The van der Waals surface area contributed by atoms with Gasteiger partial charge < -0.3 is 4.74 Å². The molecule has 0 saturated heterocycles. The number of nitrogens with zero attached hydrogens (tertiary/aromatic N) is 4. The van der Waals surface area contributed by atoms with Crippen molar-refractivity contribution < 1.29 is 9.53 Å². The molecule has 6 heteroatoms. The zero-order valence-electron chi connectivity index (χ0n) is 18.8. The topological polar surface area (TPSA) is 61.4 Å². The van der Waals surface area contributed by atoms with Crippen molar-refractivity contribution in [1.82, 2.24) is 18.9 Å². The van der Waals surface area contributed by atoms with Crippen LogP contribution in [0.1, 0.15) is 51.4 Å². The van der Waals surface area contributed by atoms with E-state index in [1.54, 1.807) is 6.92 Å². The van der Waals surface area contributed by atoms with Gasteiger partial charge in [0.1, 0.15) is 11.2 Å². The summed E-state index contributed by atoms with van der Waals surface area (Å²) in [5.74, 6) is 1.56. The molecule has 5 aromatic rings. The summed E-state index contributed by atoms with van der Waals surface area (Å²) in [4.78, 5) is 22.2. The lowest BCUT2D eigenvalue weighted by atomic mass is 10.0. The van der Waals surface area contributed by atoms with E-state index in [9.17, 15) is 4.79 Å². The maximum absolute atomic E-state index is 12.2. The van der Waals surface area contributed by atoms with Crippen molar-refractivity contribution in [3.63, 3.8) is 0 Å². The van der Waals surface area contributed by atoms with Crippen LogP contribution in [-0.4, -0.2) is 24.9 Å². The van der Waals surface area contributed by atoms with E-state index < -0.39 is 0 Å². The van der Waals surface area contributed by atoms with Crippen molar-refractivity contribution in [1.29, 1.82) is 0 Å². The van der Waals surface area contributed by atoms with Crippen LogP contribution in [0.4, 0.5) is 0 Å². The zero-order valence-corrected chi connectivity index (χ0v) is 18.8. The van der Waals surface area contributed by atoms with Crippen molar-refractivity contribution in [3.05, 3.63) is 66.1 Å². The quantitative estimate of drug-likeness (QED) is 0.332. The second-order valence-corrected chi connectivity index (χ2v) is 8.28. The minimum absolute atomic E-state index is 0.284. The molecule has 0 bridgehead atoms. The molecule has 32 heavy (non-hydrogen) atoms. The number of carbonyl (C=O) groups is 1. The van der Waals surface area contributed by atoms with Crippen LogP contribution in [0.5, 0.6) is 5.75 Å². The summed E-state index contributed by atoms with van der Waals surface area (Å²) < 4.78 is 9.84. The predicted molar refractivity (Wildman–Crippen MR) is 127 cm³/mol. The molecule has 0 aliphatic heterocycles. The Labute approximate surface area is 186 Å². The molecule has 0 aliphatic carbocycles. The van der Waals surface area contributed by atoms with Gasteiger partial charge in [-0.3, -0.25) is 13.8 Å². The van der Waals surface area contributed by atoms with Crippen molar-refractivity contribution in [3.8, 4) is 11.4 Å². The lowest BCUT2D eigenvalue weighted by Gasteiger charge is -2.10. The summed E-state index contributed by atoms with van der Waals surface area (Å²) in [5, 5.41) is 0.744. The van der Waals surface area contributed by atoms with Gasteiger partial charge in [-0.25, -0.2) is 9.97 Å². The van der Waals surface area contributed by atoms with Crippen LogP contribution in [0.2, 0.25) is 0 Å². The van der Waals surface area contributed by atoms with Gasteiger partial charge in [-0.2, -0.15) is 0 Å². The lowest BCUT2D eigenvalue weighted by Crippen LogP contribution is -2.06. The number of hydrogen-bond acceptors (Lipinski definition) is 4. The van der Waals surface area contributed by atoms with E-state index in [2.05, 4.69) is 49.4 Å². The van der Waals surface area contributed by atoms with E-state index in [4.69, 9.17) is 14.7 Å². The summed E-state index contributed by atoms with van der Waals surface area (Å²) in [6.07, 6.45) is 2.89. The summed E-state index contributed by atoms with van der Waals surface area (Å²) >= 11 is 0. The smallest absolute Gasteiger partial charge is 0.310 e. The molecule has 3 aromatic heterocycles. The van der Waals surface area contributed by atoms with E-state index in [0.717, 1.165) is 45.6 Å². The first-order valence-electron chi connectivity index (χ1n) is 11.1. The largest absolute Gasteiger partial charge is 0.424 e. The van der Waals surface area contributed by atoms with Crippen LogP contribution in [0.25, 0.3) is 33.4 Å². The molecule has 0 aliphatic rings. The molecule has 0 radical (unpaired) electrons. The SMILES string of the molecule is CCC(=O)Oc1cn(-c2ccc(C(C)C)cc2)c2nc(CC)n3c4ccccc4nc3c12. The van der Waals surface area contributed by atoms with Gasteiger partial charge in [0.05, 0.1) is 17.2 Å². The Hall–Kier alpha value is -3.67. The van der Waals surface area contributed by atoms with Gasteiger partial charge in [0.25, 0.3) is 0 Å². The number of benzene rings is 2. The molecule has 6 nitrogen and oxygen atoms in total. The van der Waals surface area contributed by atoms with Crippen LogP contribution in [-0.2, 0) is 11.2 Å². The molecule has 3 heterocycles. The van der Waals surface area contributed by atoms with Crippen LogP contribution in [0.15, 0.2) is 54.7 Å². The Kier molecular flexibility index (Phi) is 4.93. The summed E-state index contributed by atoms with van der Waals surface area (Å²) in [7, 11) is 0. The number of imidazole rings is 1. The maximum atomic E-state index is 12.2. The number of aryl methyl sites for hydroxylation is 1. The first-order chi connectivity index (χ1) is 15.5. The van der Waals surface area contributed by atoms with Gasteiger partial charge in [0, 0.05) is 18.5 Å². The molecule has 5 rings (SSSR count). The number of fused-ring (bicyclic) bond motifs is 5. The van der Waals surface area contributed by atoms with E-state index in [0.29, 0.717) is 18.1 Å². The third-order valence-electron chi connectivity index (χ3n) is 5.89. The molecule has 2 aromatic carbocycles. The minimum atomic E-state index is -0.284. The van der Waals surface area contributed by atoms with Crippen molar-refractivity contribution in [2.75, 3.05) is 0 Å². The Bertz CT molecular complexity index is 1460. The van der Waals surface area contributed by atoms with Gasteiger partial charge in [0.15, 0.2) is 17.0 Å². The number of ether oxygens (including phenoxy) is 1. The third-order valence-corrected chi connectivity index (χ3v) is 5.89. The average Bonchev–Trinajstić information content (AvgIpc) is 3.37.